The van der Waals surface area contributed by atoms with Gasteiger partial charge in [-0.1, -0.05) is 0 Å². The summed E-state index contributed by atoms with van der Waals surface area (Å²) in [6, 6.07) is 3.34. The highest BCUT2D eigenvalue weighted by Gasteiger charge is 2.08. The average molecular weight is 251 g/mol. The minimum atomic E-state index is -0.573. The fourth-order valence-electron chi connectivity index (χ4n) is 1.41. The van der Waals surface area contributed by atoms with Crippen LogP contribution in [0.25, 0.3) is 0 Å². The van der Waals surface area contributed by atoms with Crippen molar-refractivity contribution in [2.45, 2.75) is 13.3 Å². The molecule has 0 spiro atoms. The van der Waals surface area contributed by atoms with Crippen LogP contribution in [0.5, 0.6) is 0 Å². The average Bonchev–Trinajstić information content (AvgIpc) is 2.36. The van der Waals surface area contributed by atoms with Gasteiger partial charge in [0.1, 0.15) is 5.69 Å². The van der Waals surface area contributed by atoms with E-state index in [-0.39, 0.29) is 11.7 Å². The van der Waals surface area contributed by atoms with Crippen LogP contribution in [-0.2, 0) is 9.53 Å². The summed E-state index contributed by atoms with van der Waals surface area (Å²) in [6.45, 7) is 2.65. The van der Waals surface area contributed by atoms with Crippen molar-refractivity contribution >= 4 is 17.6 Å². The first-order valence-electron chi connectivity index (χ1n) is 5.67. The lowest BCUT2D eigenvalue weighted by atomic mass is 10.2. The molecule has 0 aliphatic carbocycles. The first-order chi connectivity index (χ1) is 8.54. The number of nitrogens with two attached hydrogens (primary N) is 1. The second-order valence-corrected chi connectivity index (χ2v) is 3.74. The minimum Gasteiger partial charge on any atom is -0.466 e. The number of pyridine rings is 1. The summed E-state index contributed by atoms with van der Waals surface area (Å²) < 4.78 is 4.84. The predicted octanol–water partition coefficient (Wildman–Crippen LogP) is 0.570. The molecule has 18 heavy (non-hydrogen) atoms. The maximum atomic E-state index is 11.2. The van der Waals surface area contributed by atoms with E-state index in [2.05, 4.69) is 4.98 Å². The number of primary amides is 1. The van der Waals surface area contributed by atoms with E-state index >= 15 is 0 Å². The quantitative estimate of drug-likeness (QED) is 0.747. The molecule has 0 bridgehead atoms. The molecule has 0 radical (unpaired) electrons. The van der Waals surface area contributed by atoms with E-state index in [9.17, 15) is 9.59 Å². The van der Waals surface area contributed by atoms with Gasteiger partial charge >= 0.3 is 5.97 Å². The zero-order valence-corrected chi connectivity index (χ0v) is 10.5. The molecular weight excluding hydrogens is 234 g/mol. The molecule has 0 saturated heterocycles. The Morgan fingerprint density at radius 3 is 2.83 bits per heavy atom. The number of amides is 1. The summed E-state index contributed by atoms with van der Waals surface area (Å²) in [7, 11) is 1.82. The van der Waals surface area contributed by atoms with E-state index in [4.69, 9.17) is 10.5 Å². The van der Waals surface area contributed by atoms with Gasteiger partial charge in [0, 0.05) is 25.5 Å². The number of nitrogens with zero attached hydrogens (tertiary/aromatic N) is 2. The molecule has 0 fully saturated rings. The molecule has 0 atom stereocenters. The van der Waals surface area contributed by atoms with Crippen LogP contribution in [0.2, 0.25) is 0 Å². The Morgan fingerprint density at radius 1 is 1.50 bits per heavy atom. The Bertz CT molecular complexity index is 434. The van der Waals surface area contributed by atoms with Gasteiger partial charge in [0.05, 0.1) is 13.0 Å². The van der Waals surface area contributed by atoms with Gasteiger partial charge in [0.2, 0.25) is 0 Å². The van der Waals surface area contributed by atoms with Crippen LogP contribution < -0.4 is 10.6 Å². The third-order valence-electron chi connectivity index (χ3n) is 2.39. The highest BCUT2D eigenvalue weighted by atomic mass is 16.5. The van der Waals surface area contributed by atoms with Crippen molar-refractivity contribution in [1.29, 1.82) is 0 Å². The molecule has 0 aliphatic rings. The van der Waals surface area contributed by atoms with Crippen molar-refractivity contribution in [1.82, 2.24) is 4.98 Å². The summed E-state index contributed by atoms with van der Waals surface area (Å²) in [6.07, 6.45) is 1.80. The second kappa shape index (κ2) is 6.58. The van der Waals surface area contributed by atoms with Crippen molar-refractivity contribution < 1.29 is 14.3 Å². The molecule has 98 valence electrons. The molecule has 0 aromatic carbocycles. The number of rotatable bonds is 6. The van der Waals surface area contributed by atoms with E-state index in [1.54, 1.807) is 19.1 Å². The summed E-state index contributed by atoms with van der Waals surface area (Å²) in [5, 5.41) is 0. The highest BCUT2D eigenvalue weighted by Crippen LogP contribution is 2.13. The number of carbonyl (C=O) groups is 2. The summed E-state index contributed by atoms with van der Waals surface area (Å²) in [5.41, 5.74) is 6.14. The molecular formula is C12H17N3O3. The Hall–Kier alpha value is -2.11. The smallest absolute Gasteiger partial charge is 0.307 e. The fraction of sp³-hybridized carbons (Fsp3) is 0.417. The normalized spacial score (nSPS) is 9.89. The van der Waals surface area contributed by atoms with E-state index in [1.807, 2.05) is 11.9 Å². The number of hydrogen-bond acceptors (Lipinski definition) is 5. The van der Waals surface area contributed by atoms with Crippen LogP contribution in [0.15, 0.2) is 18.3 Å². The number of anilines is 1. The van der Waals surface area contributed by atoms with Crippen LogP contribution in [0, 0.1) is 0 Å². The van der Waals surface area contributed by atoms with Crippen LogP contribution >= 0.6 is 0 Å². The lowest BCUT2D eigenvalue weighted by molar-refractivity contribution is -0.142. The van der Waals surface area contributed by atoms with Crippen molar-refractivity contribution in [3.8, 4) is 0 Å². The van der Waals surface area contributed by atoms with Crippen LogP contribution in [0.3, 0.4) is 0 Å². The van der Waals surface area contributed by atoms with Crippen molar-refractivity contribution in [3.05, 3.63) is 24.0 Å². The molecule has 1 amide bonds. The molecule has 1 aromatic heterocycles. The second-order valence-electron chi connectivity index (χ2n) is 3.74. The maximum Gasteiger partial charge on any atom is 0.307 e. The maximum absolute atomic E-state index is 11.2. The zero-order valence-electron chi connectivity index (χ0n) is 10.5. The molecule has 1 aromatic rings. The van der Waals surface area contributed by atoms with Crippen molar-refractivity contribution in [3.63, 3.8) is 0 Å². The van der Waals surface area contributed by atoms with Gasteiger partial charge in [-0.3, -0.25) is 14.6 Å². The molecule has 2 N–H and O–H groups in total. The van der Waals surface area contributed by atoms with Crippen molar-refractivity contribution in [2.24, 2.45) is 5.73 Å². The lowest BCUT2D eigenvalue weighted by Crippen LogP contribution is -2.23. The van der Waals surface area contributed by atoms with Gasteiger partial charge < -0.3 is 15.4 Å². The van der Waals surface area contributed by atoms with Gasteiger partial charge in [0.15, 0.2) is 0 Å². The number of aromatic nitrogens is 1. The van der Waals surface area contributed by atoms with Gasteiger partial charge in [-0.2, -0.15) is 0 Å². The third-order valence-corrected chi connectivity index (χ3v) is 2.39. The monoisotopic (exact) mass is 251 g/mol. The van der Waals surface area contributed by atoms with E-state index in [0.717, 1.165) is 5.69 Å². The van der Waals surface area contributed by atoms with Crippen LogP contribution in [0.1, 0.15) is 23.8 Å². The number of ether oxygens (including phenoxy) is 1. The van der Waals surface area contributed by atoms with Crippen LogP contribution in [-0.4, -0.2) is 37.1 Å². The summed E-state index contributed by atoms with van der Waals surface area (Å²) in [4.78, 5) is 27.9. The lowest BCUT2D eigenvalue weighted by Gasteiger charge is -2.18. The number of carbonyl (C=O) groups excluding carboxylic acids is 2. The van der Waals surface area contributed by atoms with E-state index in [0.29, 0.717) is 19.6 Å². The molecule has 0 saturated carbocycles. The zero-order chi connectivity index (χ0) is 13.5. The minimum absolute atomic E-state index is 0.204. The number of hydrogen-bond donors (Lipinski definition) is 1. The molecule has 6 heteroatoms. The topological polar surface area (TPSA) is 85.5 Å². The molecule has 1 heterocycles. The Balaban J connectivity index is 2.61. The molecule has 1 rings (SSSR count). The largest absolute Gasteiger partial charge is 0.466 e. The van der Waals surface area contributed by atoms with Gasteiger partial charge in [-0.15, -0.1) is 0 Å². The van der Waals surface area contributed by atoms with Gasteiger partial charge in [-0.05, 0) is 19.1 Å². The van der Waals surface area contributed by atoms with E-state index < -0.39 is 5.91 Å². The third kappa shape index (κ3) is 4.04. The molecule has 0 aliphatic heterocycles. The van der Waals surface area contributed by atoms with Gasteiger partial charge in [0.25, 0.3) is 5.91 Å². The van der Waals surface area contributed by atoms with Gasteiger partial charge in [-0.25, -0.2) is 0 Å². The summed E-state index contributed by atoms with van der Waals surface area (Å²) in [5.74, 6) is -0.816. The standard InChI is InChI=1S/C12H17N3O3/c1-3-18-11(16)5-7-15(2)9-4-6-14-10(8-9)12(13)17/h4,6,8H,3,5,7H2,1-2H3,(H2,13,17). The SMILES string of the molecule is CCOC(=O)CCN(C)c1ccnc(C(N)=O)c1. The summed E-state index contributed by atoms with van der Waals surface area (Å²) >= 11 is 0. The highest BCUT2D eigenvalue weighted by molar-refractivity contribution is 5.91. The number of esters is 1. The first kappa shape index (κ1) is 14.0. The molecule has 0 unspecified atom stereocenters. The predicted molar refractivity (Wildman–Crippen MR) is 67.3 cm³/mol. The Labute approximate surface area is 106 Å². The van der Waals surface area contributed by atoms with Crippen molar-refractivity contribution in [2.75, 3.05) is 25.1 Å². The van der Waals surface area contributed by atoms with Crippen LogP contribution in [0.4, 0.5) is 5.69 Å². The fourth-order valence-corrected chi connectivity index (χ4v) is 1.41. The van der Waals surface area contributed by atoms with E-state index in [1.165, 1.54) is 6.20 Å². The molecule has 6 nitrogen and oxygen atoms in total. The Morgan fingerprint density at radius 2 is 2.22 bits per heavy atom. The Kier molecular flexibility index (Phi) is 5.10. The first-order valence-corrected chi connectivity index (χ1v) is 5.67.